The van der Waals surface area contributed by atoms with Crippen molar-refractivity contribution in [2.24, 2.45) is 0 Å². The molecule has 0 heterocycles. The predicted octanol–water partition coefficient (Wildman–Crippen LogP) is 4.52. The SMILES string of the molecule is C#CCOc1ccc(Br)cc1CNc1cc(C)ccc1F. The third kappa shape index (κ3) is 4.24. The van der Waals surface area contributed by atoms with Crippen molar-refractivity contribution in [1.29, 1.82) is 0 Å². The van der Waals surface area contributed by atoms with Crippen LogP contribution in [0.1, 0.15) is 11.1 Å². The van der Waals surface area contributed by atoms with Crippen molar-refractivity contribution in [3.8, 4) is 18.1 Å². The normalized spacial score (nSPS) is 10.0. The summed E-state index contributed by atoms with van der Waals surface area (Å²) in [5, 5.41) is 3.09. The standard InChI is InChI=1S/C17H15BrFNO/c1-3-8-21-17-7-5-14(18)10-13(17)11-20-16-9-12(2)4-6-15(16)19/h1,4-7,9-10,20H,8,11H2,2H3. The van der Waals surface area contributed by atoms with Crippen LogP contribution in [0.4, 0.5) is 10.1 Å². The van der Waals surface area contributed by atoms with Crippen LogP contribution < -0.4 is 10.1 Å². The van der Waals surface area contributed by atoms with E-state index in [-0.39, 0.29) is 12.4 Å². The van der Waals surface area contributed by atoms with E-state index in [2.05, 4.69) is 27.2 Å². The third-order valence-electron chi connectivity index (χ3n) is 2.92. The van der Waals surface area contributed by atoms with E-state index in [1.807, 2.05) is 25.1 Å². The van der Waals surface area contributed by atoms with Gasteiger partial charge in [-0.15, -0.1) is 6.42 Å². The lowest BCUT2D eigenvalue weighted by Gasteiger charge is -2.13. The van der Waals surface area contributed by atoms with Crippen LogP contribution in [-0.4, -0.2) is 6.61 Å². The van der Waals surface area contributed by atoms with E-state index >= 15 is 0 Å². The van der Waals surface area contributed by atoms with E-state index in [1.165, 1.54) is 6.07 Å². The molecular formula is C17H15BrFNO. The van der Waals surface area contributed by atoms with Gasteiger partial charge in [0, 0.05) is 16.6 Å². The number of halogens is 2. The van der Waals surface area contributed by atoms with Gasteiger partial charge in [-0.2, -0.15) is 0 Å². The highest BCUT2D eigenvalue weighted by atomic mass is 79.9. The molecule has 2 rings (SSSR count). The molecule has 0 radical (unpaired) electrons. The maximum absolute atomic E-state index is 13.7. The van der Waals surface area contributed by atoms with Gasteiger partial charge in [-0.05, 0) is 42.8 Å². The van der Waals surface area contributed by atoms with Gasteiger partial charge in [-0.3, -0.25) is 0 Å². The Hall–Kier alpha value is -1.99. The molecule has 0 bridgehead atoms. The summed E-state index contributed by atoms with van der Waals surface area (Å²) in [6, 6.07) is 10.6. The average Bonchev–Trinajstić information content (AvgIpc) is 2.47. The molecule has 0 aliphatic carbocycles. The van der Waals surface area contributed by atoms with Gasteiger partial charge in [-0.1, -0.05) is 27.9 Å². The third-order valence-corrected chi connectivity index (χ3v) is 3.42. The van der Waals surface area contributed by atoms with Crippen molar-refractivity contribution in [2.75, 3.05) is 11.9 Å². The first kappa shape index (κ1) is 15.4. The van der Waals surface area contributed by atoms with Crippen molar-refractivity contribution < 1.29 is 9.13 Å². The minimum absolute atomic E-state index is 0.202. The summed E-state index contributed by atoms with van der Waals surface area (Å²) >= 11 is 3.42. The number of benzene rings is 2. The number of hydrogen-bond acceptors (Lipinski definition) is 2. The van der Waals surface area contributed by atoms with Crippen molar-refractivity contribution in [3.63, 3.8) is 0 Å². The maximum Gasteiger partial charge on any atom is 0.148 e. The zero-order chi connectivity index (χ0) is 15.2. The molecule has 108 valence electrons. The molecule has 0 unspecified atom stereocenters. The summed E-state index contributed by atoms with van der Waals surface area (Å²) in [5.41, 5.74) is 2.37. The monoisotopic (exact) mass is 347 g/mol. The minimum Gasteiger partial charge on any atom is -0.481 e. The number of rotatable bonds is 5. The van der Waals surface area contributed by atoms with Crippen molar-refractivity contribution in [2.45, 2.75) is 13.5 Å². The van der Waals surface area contributed by atoms with Crippen LogP contribution in [0, 0.1) is 25.1 Å². The van der Waals surface area contributed by atoms with E-state index in [4.69, 9.17) is 11.2 Å². The molecule has 2 nitrogen and oxygen atoms in total. The number of terminal acetylenes is 1. The first-order valence-corrected chi connectivity index (χ1v) is 7.24. The number of nitrogens with one attached hydrogen (secondary N) is 1. The second-order valence-corrected chi connectivity index (χ2v) is 5.50. The Balaban J connectivity index is 2.17. The highest BCUT2D eigenvalue weighted by Gasteiger charge is 2.07. The molecule has 0 spiro atoms. The van der Waals surface area contributed by atoms with Crippen LogP contribution in [0.5, 0.6) is 5.75 Å². The molecule has 0 saturated heterocycles. The lowest BCUT2D eigenvalue weighted by Crippen LogP contribution is -2.05. The summed E-state index contributed by atoms with van der Waals surface area (Å²) in [4.78, 5) is 0. The van der Waals surface area contributed by atoms with Crippen LogP contribution in [-0.2, 0) is 6.54 Å². The largest absolute Gasteiger partial charge is 0.481 e. The quantitative estimate of drug-likeness (QED) is 0.802. The highest BCUT2D eigenvalue weighted by molar-refractivity contribution is 9.10. The second-order valence-electron chi connectivity index (χ2n) is 4.58. The Morgan fingerprint density at radius 2 is 2.10 bits per heavy atom. The van der Waals surface area contributed by atoms with E-state index in [0.29, 0.717) is 18.0 Å². The first-order chi connectivity index (χ1) is 10.1. The highest BCUT2D eigenvalue weighted by Crippen LogP contribution is 2.25. The second kappa shape index (κ2) is 7.14. The Morgan fingerprint density at radius 3 is 2.86 bits per heavy atom. The molecule has 0 aromatic heterocycles. The molecule has 2 aromatic carbocycles. The number of anilines is 1. The van der Waals surface area contributed by atoms with Gasteiger partial charge in [0.25, 0.3) is 0 Å². The van der Waals surface area contributed by atoms with E-state index in [9.17, 15) is 4.39 Å². The molecule has 0 fully saturated rings. The number of hydrogen-bond donors (Lipinski definition) is 1. The van der Waals surface area contributed by atoms with Crippen LogP contribution >= 0.6 is 15.9 Å². The molecule has 0 aliphatic rings. The van der Waals surface area contributed by atoms with E-state index in [0.717, 1.165) is 15.6 Å². The fourth-order valence-corrected chi connectivity index (χ4v) is 2.32. The summed E-state index contributed by atoms with van der Waals surface area (Å²) < 4.78 is 20.1. The van der Waals surface area contributed by atoms with Gasteiger partial charge in [0.15, 0.2) is 0 Å². The number of aryl methyl sites for hydroxylation is 1. The van der Waals surface area contributed by atoms with Gasteiger partial charge < -0.3 is 10.1 Å². The zero-order valence-electron chi connectivity index (χ0n) is 11.6. The van der Waals surface area contributed by atoms with Gasteiger partial charge in [0.1, 0.15) is 18.2 Å². The smallest absolute Gasteiger partial charge is 0.148 e. The molecule has 0 amide bonds. The zero-order valence-corrected chi connectivity index (χ0v) is 13.2. The minimum atomic E-state index is -0.276. The molecule has 0 aliphatic heterocycles. The fraction of sp³-hybridized carbons (Fsp3) is 0.176. The summed E-state index contributed by atoms with van der Waals surface area (Å²) in [7, 11) is 0. The maximum atomic E-state index is 13.7. The lowest BCUT2D eigenvalue weighted by atomic mass is 10.1. The van der Waals surface area contributed by atoms with Gasteiger partial charge in [0.05, 0.1) is 5.69 Å². The van der Waals surface area contributed by atoms with Crippen LogP contribution in [0.15, 0.2) is 40.9 Å². The predicted molar refractivity (Wildman–Crippen MR) is 86.9 cm³/mol. The van der Waals surface area contributed by atoms with Crippen molar-refractivity contribution >= 4 is 21.6 Å². The number of ether oxygens (including phenoxy) is 1. The van der Waals surface area contributed by atoms with Crippen LogP contribution in [0.2, 0.25) is 0 Å². The van der Waals surface area contributed by atoms with Gasteiger partial charge >= 0.3 is 0 Å². The molecule has 4 heteroatoms. The fourth-order valence-electron chi connectivity index (χ4n) is 1.91. The van der Waals surface area contributed by atoms with E-state index in [1.54, 1.807) is 12.1 Å². The van der Waals surface area contributed by atoms with Crippen LogP contribution in [0.3, 0.4) is 0 Å². The molecule has 21 heavy (non-hydrogen) atoms. The summed E-state index contributed by atoms with van der Waals surface area (Å²) in [6.07, 6.45) is 5.21. The molecule has 0 saturated carbocycles. The van der Waals surface area contributed by atoms with Crippen molar-refractivity contribution in [3.05, 3.63) is 57.8 Å². The molecule has 2 aromatic rings. The molecule has 1 N–H and O–H groups in total. The Labute approximate surface area is 132 Å². The average molecular weight is 348 g/mol. The topological polar surface area (TPSA) is 21.3 Å². The van der Waals surface area contributed by atoms with Crippen molar-refractivity contribution in [1.82, 2.24) is 0 Å². The van der Waals surface area contributed by atoms with Crippen LogP contribution in [0.25, 0.3) is 0 Å². The molecule has 0 atom stereocenters. The Morgan fingerprint density at radius 1 is 1.29 bits per heavy atom. The Bertz CT molecular complexity index is 679. The van der Waals surface area contributed by atoms with E-state index < -0.39 is 0 Å². The Kier molecular flexibility index (Phi) is 5.24. The van der Waals surface area contributed by atoms with Gasteiger partial charge in [-0.25, -0.2) is 4.39 Å². The van der Waals surface area contributed by atoms with Gasteiger partial charge in [0.2, 0.25) is 0 Å². The first-order valence-electron chi connectivity index (χ1n) is 6.45. The summed E-state index contributed by atoms with van der Waals surface area (Å²) in [5.74, 6) is 2.85. The summed E-state index contributed by atoms with van der Waals surface area (Å²) in [6.45, 7) is 2.57. The lowest BCUT2D eigenvalue weighted by molar-refractivity contribution is 0.366. The molecular weight excluding hydrogens is 333 g/mol.